The smallest absolute Gasteiger partial charge is 0.266 e. The van der Waals surface area contributed by atoms with Gasteiger partial charge in [-0.15, -0.1) is 11.3 Å². The Balaban J connectivity index is 2.24. The van der Waals surface area contributed by atoms with Gasteiger partial charge in [0.25, 0.3) is 5.91 Å². The van der Waals surface area contributed by atoms with Gasteiger partial charge < -0.3 is 16.4 Å². The zero-order valence-corrected chi connectivity index (χ0v) is 14.0. The van der Waals surface area contributed by atoms with E-state index in [1.165, 1.54) is 11.3 Å². The van der Waals surface area contributed by atoms with Gasteiger partial charge in [0.1, 0.15) is 21.6 Å². The lowest BCUT2D eigenvalue weighted by atomic mass is 9.95. The van der Waals surface area contributed by atoms with E-state index < -0.39 is 0 Å². The number of hydrogen-bond donors (Lipinski definition) is 2. The molecular formula is C16H19N5OS. The summed E-state index contributed by atoms with van der Waals surface area (Å²) >= 11 is 1.27. The Labute approximate surface area is 138 Å². The third-order valence-electron chi connectivity index (χ3n) is 4.22. The zero-order valence-electron chi connectivity index (χ0n) is 13.2. The second-order valence-corrected chi connectivity index (χ2v) is 7.08. The minimum absolute atomic E-state index is 0.0465. The first-order chi connectivity index (χ1) is 11.0. The topological polar surface area (TPSA) is 109 Å². The third-order valence-corrected chi connectivity index (χ3v) is 5.31. The molecule has 1 amide bonds. The fourth-order valence-electron chi connectivity index (χ4n) is 3.12. The van der Waals surface area contributed by atoms with Gasteiger partial charge in [-0.3, -0.25) is 4.79 Å². The Morgan fingerprint density at radius 1 is 1.35 bits per heavy atom. The molecule has 0 atom stereocenters. The van der Waals surface area contributed by atoms with Gasteiger partial charge in [-0.1, -0.05) is 13.8 Å². The van der Waals surface area contributed by atoms with E-state index in [0.29, 0.717) is 26.3 Å². The lowest BCUT2D eigenvalue weighted by Crippen LogP contribution is -2.27. The van der Waals surface area contributed by atoms with Crippen molar-refractivity contribution in [2.24, 2.45) is 0 Å². The van der Waals surface area contributed by atoms with Gasteiger partial charge in [0.05, 0.1) is 11.3 Å². The number of aromatic nitrogens is 1. The minimum Gasteiger partial charge on any atom is -0.397 e. The van der Waals surface area contributed by atoms with E-state index in [1.54, 1.807) is 0 Å². The van der Waals surface area contributed by atoms with Crippen molar-refractivity contribution in [3.63, 3.8) is 0 Å². The van der Waals surface area contributed by atoms with Crippen molar-refractivity contribution in [1.29, 1.82) is 5.26 Å². The number of anilines is 2. The Bertz CT molecular complexity index is 827. The number of nitrogens with zero attached hydrogens (tertiary/aromatic N) is 3. The van der Waals surface area contributed by atoms with Crippen LogP contribution < -0.4 is 11.5 Å². The number of nitriles is 1. The van der Waals surface area contributed by atoms with Gasteiger partial charge in [-0.05, 0) is 24.3 Å². The number of hydrogen-bond acceptors (Lipinski definition) is 6. The highest BCUT2D eigenvalue weighted by Crippen LogP contribution is 2.41. The van der Waals surface area contributed by atoms with Crippen LogP contribution in [0.15, 0.2) is 0 Å². The van der Waals surface area contributed by atoms with Crippen LogP contribution in [0.1, 0.15) is 53.4 Å². The molecule has 1 fully saturated rings. The van der Waals surface area contributed by atoms with Gasteiger partial charge in [0.2, 0.25) is 0 Å². The van der Waals surface area contributed by atoms with Crippen LogP contribution in [0.25, 0.3) is 10.2 Å². The van der Waals surface area contributed by atoms with Crippen LogP contribution in [0.4, 0.5) is 11.5 Å². The van der Waals surface area contributed by atoms with Crippen LogP contribution in [-0.2, 0) is 0 Å². The Kier molecular flexibility index (Phi) is 3.86. The Morgan fingerprint density at radius 3 is 2.57 bits per heavy atom. The summed E-state index contributed by atoms with van der Waals surface area (Å²) in [5, 5.41) is 10.1. The lowest BCUT2D eigenvalue weighted by molar-refractivity contribution is 0.0798. The quantitative estimate of drug-likeness (QED) is 0.880. The highest BCUT2D eigenvalue weighted by Gasteiger charge is 2.28. The maximum absolute atomic E-state index is 12.7. The Morgan fingerprint density at radius 2 is 2.00 bits per heavy atom. The maximum Gasteiger partial charge on any atom is 0.266 e. The van der Waals surface area contributed by atoms with Crippen LogP contribution in [0.2, 0.25) is 0 Å². The number of pyridine rings is 1. The van der Waals surface area contributed by atoms with Crippen molar-refractivity contribution in [3.8, 4) is 6.07 Å². The normalized spacial score (nSPS) is 14.6. The molecule has 0 aliphatic carbocycles. The molecule has 0 aromatic carbocycles. The van der Waals surface area contributed by atoms with E-state index in [0.717, 1.165) is 31.5 Å². The van der Waals surface area contributed by atoms with Crippen LogP contribution in [0.5, 0.6) is 0 Å². The second kappa shape index (κ2) is 5.70. The number of rotatable bonds is 2. The number of nitrogen functional groups attached to an aromatic ring is 2. The van der Waals surface area contributed by atoms with Crippen LogP contribution in [0.3, 0.4) is 0 Å². The first-order valence-electron chi connectivity index (χ1n) is 7.66. The molecule has 2 aromatic rings. The van der Waals surface area contributed by atoms with Crippen molar-refractivity contribution in [2.75, 3.05) is 24.6 Å². The summed E-state index contributed by atoms with van der Waals surface area (Å²) in [4.78, 5) is 20.0. The molecule has 0 bridgehead atoms. The van der Waals surface area contributed by atoms with Crippen LogP contribution in [0, 0.1) is 11.3 Å². The first kappa shape index (κ1) is 15.6. The van der Waals surface area contributed by atoms with E-state index in [2.05, 4.69) is 11.1 Å². The standard InChI is InChI=1S/C16H19N5OS/c1-8(2)10-9(7-17)14(19)20-15-11(10)12(18)13(23-15)16(22)21-5-3-4-6-21/h8H,3-6,18H2,1-2H3,(H2,19,20). The average Bonchev–Trinajstić information content (AvgIpc) is 3.14. The molecule has 6 nitrogen and oxygen atoms in total. The summed E-state index contributed by atoms with van der Waals surface area (Å²) < 4.78 is 0. The van der Waals surface area contributed by atoms with Crippen molar-refractivity contribution < 1.29 is 4.79 Å². The fourth-order valence-corrected chi connectivity index (χ4v) is 4.20. The fraction of sp³-hybridized carbons (Fsp3) is 0.438. The summed E-state index contributed by atoms with van der Waals surface area (Å²) in [7, 11) is 0. The van der Waals surface area contributed by atoms with E-state index in [1.807, 2.05) is 18.7 Å². The molecule has 4 N–H and O–H groups in total. The average molecular weight is 329 g/mol. The summed E-state index contributed by atoms with van der Waals surface area (Å²) in [5.41, 5.74) is 13.8. The van der Waals surface area contributed by atoms with E-state index in [-0.39, 0.29) is 17.6 Å². The summed E-state index contributed by atoms with van der Waals surface area (Å²) in [5.74, 6) is 0.212. The minimum atomic E-state index is -0.0465. The molecule has 0 spiro atoms. The first-order valence-corrected chi connectivity index (χ1v) is 8.48. The monoisotopic (exact) mass is 329 g/mol. The molecule has 7 heteroatoms. The van der Waals surface area contributed by atoms with Crippen LogP contribution >= 0.6 is 11.3 Å². The van der Waals surface area contributed by atoms with E-state index in [9.17, 15) is 10.1 Å². The molecule has 120 valence electrons. The zero-order chi connectivity index (χ0) is 16.7. The molecule has 2 aromatic heterocycles. The molecule has 1 aliphatic rings. The molecular weight excluding hydrogens is 310 g/mol. The number of carbonyl (C=O) groups excluding carboxylic acids is 1. The van der Waals surface area contributed by atoms with Crippen LogP contribution in [-0.4, -0.2) is 28.9 Å². The second-order valence-electron chi connectivity index (χ2n) is 6.08. The SMILES string of the molecule is CC(C)c1c(C#N)c(N)nc2sc(C(=O)N3CCCC3)c(N)c12. The molecule has 1 aliphatic heterocycles. The van der Waals surface area contributed by atoms with Crippen molar-refractivity contribution >= 4 is 39.0 Å². The summed E-state index contributed by atoms with van der Waals surface area (Å²) in [6.07, 6.45) is 2.05. The number of thiophene rings is 1. The van der Waals surface area contributed by atoms with Gasteiger partial charge in [-0.2, -0.15) is 5.26 Å². The highest BCUT2D eigenvalue weighted by atomic mass is 32.1. The lowest BCUT2D eigenvalue weighted by Gasteiger charge is -2.14. The molecule has 23 heavy (non-hydrogen) atoms. The van der Waals surface area contributed by atoms with E-state index in [4.69, 9.17) is 11.5 Å². The number of carbonyl (C=O) groups is 1. The summed E-state index contributed by atoms with van der Waals surface area (Å²) in [6, 6.07) is 2.12. The van der Waals surface area contributed by atoms with Gasteiger partial charge in [-0.25, -0.2) is 4.98 Å². The van der Waals surface area contributed by atoms with Gasteiger partial charge >= 0.3 is 0 Å². The molecule has 0 radical (unpaired) electrons. The number of likely N-dealkylation sites (tertiary alicyclic amines) is 1. The number of nitrogens with two attached hydrogens (primary N) is 2. The largest absolute Gasteiger partial charge is 0.397 e. The molecule has 1 saturated heterocycles. The van der Waals surface area contributed by atoms with Crippen molar-refractivity contribution in [1.82, 2.24) is 9.88 Å². The Hall–Kier alpha value is -2.33. The predicted octanol–water partition coefficient (Wildman–Crippen LogP) is 2.69. The summed E-state index contributed by atoms with van der Waals surface area (Å²) in [6.45, 7) is 5.49. The third kappa shape index (κ3) is 2.39. The van der Waals surface area contributed by atoms with Crippen molar-refractivity contribution in [2.45, 2.75) is 32.6 Å². The van der Waals surface area contributed by atoms with Crippen molar-refractivity contribution in [3.05, 3.63) is 16.0 Å². The highest BCUT2D eigenvalue weighted by molar-refractivity contribution is 7.21. The number of amides is 1. The maximum atomic E-state index is 12.7. The van der Waals surface area contributed by atoms with Gasteiger partial charge in [0.15, 0.2) is 0 Å². The molecule has 0 saturated carbocycles. The predicted molar refractivity (Wildman–Crippen MR) is 92.4 cm³/mol. The molecule has 0 unspecified atom stereocenters. The molecule has 3 heterocycles. The van der Waals surface area contributed by atoms with Gasteiger partial charge in [0, 0.05) is 18.5 Å². The molecule has 3 rings (SSSR count). The van der Waals surface area contributed by atoms with E-state index >= 15 is 0 Å². The number of fused-ring (bicyclic) bond motifs is 1.